The summed E-state index contributed by atoms with van der Waals surface area (Å²) in [6.45, 7) is 1.86. The summed E-state index contributed by atoms with van der Waals surface area (Å²) in [6, 6.07) is 0. The molecule has 1 atom stereocenters. The average Bonchev–Trinajstić information content (AvgIpc) is 2.23. The zero-order valence-electron chi connectivity index (χ0n) is 9.35. The molecule has 2 aliphatic rings. The molecule has 2 heterocycles. The van der Waals surface area contributed by atoms with Crippen LogP contribution in [-0.2, 0) is 14.6 Å². The van der Waals surface area contributed by atoms with E-state index >= 15 is 0 Å². The third-order valence-electron chi connectivity index (χ3n) is 3.23. The Morgan fingerprint density at radius 2 is 1.94 bits per heavy atom. The van der Waals surface area contributed by atoms with Crippen LogP contribution in [0, 0.1) is 5.92 Å². The molecule has 0 aromatic rings. The van der Waals surface area contributed by atoms with Crippen LogP contribution in [0.15, 0.2) is 0 Å². The molecule has 4 nitrogen and oxygen atoms in total. The molecular weight excluding hydrogens is 250 g/mol. The van der Waals surface area contributed by atoms with E-state index in [0.717, 1.165) is 38.8 Å². The van der Waals surface area contributed by atoms with Crippen molar-refractivity contribution in [2.75, 3.05) is 24.7 Å². The Kier molecular flexibility index (Phi) is 5.50. The van der Waals surface area contributed by atoms with Crippen molar-refractivity contribution in [1.29, 1.82) is 0 Å². The summed E-state index contributed by atoms with van der Waals surface area (Å²) in [6.07, 6.45) is 3.82. The minimum atomic E-state index is -2.72. The summed E-state index contributed by atoms with van der Waals surface area (Å²) in [5, 5.41) is 3.32. The predicted octanol–water partition coefficient (Wildman–Crippen LogP) is 0.959. The first-order chi connectivity index (χ1) is 7.16. The Labute approximate surface area is 103 Å². The van der Waals surface area contributed by atoms with E-state index in [1.54, 1.807) is 0 Å². The molecule has 6 heteroatoms. The number of hydrogen-bond donors (Lipinski definition) is 1. The molecule has 0 bridgehead atoms. The first-order valence-corrected chi connectivity index (χ1v) is 7.53. The van der Waals surface area contributed by atoms with Crippen LogP contribution in [0.5, 0.6) is 0 Å². The van der Waals surface area contributed by atoms with E-state index in [2.05, 4.69) is 5.32 Å². The first kappa shape index (κ1) is 14.2. The van der Waals surface area contributed by atoms with Gasteiger partial charge in [-0.25, -0.2) is 8.42 Å². The third kappa shape index (κ3) is 4.20. The van der Waals surface area contributed by atoms with Crippen LogP contribution in [0.1, 0.15) is 25.7 Å². The molecule has 0 amide bonds. The van der Waals surface area contributed by atoms with E-state index in [1.807, 2.05) is 0 Å². The molecule has 0 spiro atoms. The lowest BCUT2D eigenvalue weighted by molar-refractivity contribution is -0.0140. The predicted molar refractivity (Wildman–Crippen MR) is 65.6 cm³/mol. The van der Waals surface area contributed by atoms with Gasteiger partial charge in [-0.3, -0.25) is 5.32 Å². The van der Waals surface area contributed by atoms with Crippen molar-refractivity contribution < 1.29 is 13.2 Å². The maximum Gasteiger partial charge on any atom is 0.150 e. The quantitative estimate of drug-likeness (QED) is 0.811. The zero-order valence-corrected chi connectivity index (χ0v) is 11.0. The zero-order chi connectivity index (χ0) is 10.7. The molecule has 2 saturated heterocycles. The molecule has 16 heavy (non-hydrogen) atoms. The van der Waals surface area contributed by atoms with Crippen molar-refractivity contribution in [1.82, 2.24) is 5.32 Å². The van der Waals surface area contributed by atoms with Gasteiger partial charge in [0.05, 0.1) is 11.5 Å². The highest BCUT2D eigenvalue weighted by atomic mass is 35.5. The maximum absolute atomic E-state index is 11.2. The molecule has 0 saturated carbocycles. The summed E-state index contributed by atoms with van der Waals surface area (Å²) in [5.41, 5.74) is 0. The second-order valence-electron chi connectivity index (χ2n) is 4.50. The van der Waals surface area contributed by atoms with Gasteiger partial charge in [-0.2, -0.15) is 0 Å². The summed E-state index contributed by atoms with van der Waals surface area (Å²) in [4.78, 5) is 0. The number of nitrogens with one attached hydrogen (secondary N) is 1. The van der Waals surface area contributed by atoms with Crippen LogP contribution in [0.25, 0.3) is 0 Å². The van der Waals surface area contributed by atoms with Crippen LogP contribution >= 0.6 is 12.4 Å². The molecular formula is C10H20ClNO3S. The van der Waals surface area contributed by atoms with Crippen molar-refractivity contribution in [3.05, 3.63) is 0 Å². The van der Waals surface area contributed by atoms with E-state index < -0.39 is 9.84 Å². The minimum Gasteiger partial charge on any atom is -0.363 e. The molecule has 96 valence electrons. The van der Waals surface area contributed by atoms with Crippen molar-refractivity contribution in [2.24, 2.45) is 5.92 Å². The SMILES string of the molecule is Cl.O=S1(=O)CCC(CC2NCCCO2)CC1. The van der Waals surface area contributed by atoms with Gasteiger partial charge in [-0.15, -0.1) is 12.4 Å². The van der Waals surface area contributed by atoms with Crippen LogP contribution < -0.4 is 5.32 Å². The smallest absolute Gasteiger partial charge is 0.150 e. The van der Waals surface area contributed by atoms with E-state index in [9.17, 15) is 8.42 Å². The van der Waals surface area contributed by atoms with Crippen molar-refractivity contribution in [3.8, 4) is 0 Å². The van der Waals surface area contributed by atoms with Gasteiger partial charge in [0.25, 0.3) is 0 Å². The Bertz CT molecular complexity index is 287. The van der Waals surface area contributed by atoms with E-state index in [-0.39, 0.29) is 18.6 Å². The van der Waals surface area contributed by atoms with Gasteiger partial charge in [-0.1, -0.05) is 0 Å². The Hall–Kier alpha value is 0.160. The molecule has 2 rings (SSSR count). The fraction of sp³-hybridized carbons (Fsp3) is 1.00. The molecule has 2 aliphatic heterocycles. The van der Waals surface area contributed by atoms with Gasteiger partial charge < -0.3 is 4.74 Å². The number of ether oxygens (including phenoxy) is 1. The van der Waals surface area contributed by atoms with Gasteiger partial charge in [0.15, 0.2) is 0 Å². The van der Waals surface area contributed by atoms with Crippen molar-refractivity contribution >= 4 is 22.2 Å². The molecule has 0 aromatic heterocycles. The molecule has 0 aromatic carbocycles. The van der Waals surface area contributed by atoms with Crippen LogP contribution in [0.2, 0.25) is 0 Å². The fourth-order valence-electron chi connectivity index (χ4n) is 2.25. The lowest BCUT2D eigenvalue weighted by Crippen LogP contribution is -2.40. The summed E-state index contributed by atoms with van der Waals surface area (Å²) >= 11 is 0. The summed E-state index contributed by atoms with van der Waals surface area (Å²) in [7, 11) is -2.72. The number of hydrogen-bond acceptors (Lipinski definition) is 4. The van der Waals surface area contributed by atoms with E-state index in [4.69, 9.17) is 4.74 Å². The van der Waals surface area contributed by atoms with Gasteiger partial charge in [0.1, 0.15) is 16.1 Å². The first-order valence-electron chi connectivity index (χ1n) is 5.71. The molecule has 1 unspecified atom stereocenters. The fourth-order valence-corrected chi connectivity index (χ4v) is 3.84. The Balaban J connectivity index is 0.00000128. The van der Waals surface area contributed by atoms with Gasteiger partial charge in [0.2, 0.25) is 0 Å². The summed E-state index contributed by atoms with van der Waals surface area (Å²) < 4.78 is 28.1. The normalized spacial score (nSPS) is 30.6. The lowest BCUT2D eigenvalue weighted by atomic mass is 9.97. The summed E-state index contributed by atoms with van der Waals surface area (Å²) in [5.74, 6) is 1.25. The van der Waals surface area contributed by atoms with Crippen LogP contribution in [0.4, 0.5) is 0 Å². The van der Waals surface area contributed by atoms with Gasteiger partial charge >= 0.3 is 0 Å². The second-order valence-corrected chi connectivity index (χ2v) is 6.80. The van der Waals surface area contributed by atoms with Crippen LogP contribution in [0.3, 0.4) is 0 Å². The Morgan fingerprint density at radius 3 is 2.50 bits per heavy atom. The number of rotatable bonds is 2. The second kappa shape index (κ2) is 6.19. The largest absolute Gasteiger partial charge is 0.363 e. The topological polar surface area (TPSA) is 55.4 Å². The average molecular weight is 270 g/mol. The van der Waals surface area contributed by atoms with Gasteiger partial charge in [-0.05, 0) is 38.1 Å². The highest BCUT2D eigenvalue weighted by molar-refractivity contribution is 7.91. The van der Waals surface area contributed by atoms with E-state index in [1.165, 1.54) is 0 Å². The third-order valence-corrected chi connectivity index (χ3v) is 4.95. The molecule has 0 aliphatic carbocycles. The molecule has 2 fully saturated rings. The van der Waals surface area contributed by atoms with Crippen molar-refractivity contribution in [2.45, 2.75) is 31.9 Å². The highest BCUT2D eigenvalue weighted by Gasteiger charge is 2.26. The minimum absolute atomic E-state index is 0. The van der Waals surface area contributed by atoms with Crippen molar-refractivity contribution in [3.63, 3.8) is 0 Å². The van der Waals surface area contributed by atoms with Gasteiger partial charge in [0, 0.05) is 6.61 Å². The van der Waals surface area contributed by atoms with E-state index in [0.29, 0.717) is 17.4 Å². The monoisotopic (exact) mass is 269 g/mol. The number of halogens is 1. The van der Waals surface area contributed by atoms with Crippen LogP contribution in [-0.4, -0.2) is 39.3 Å². The molecule has 0 radical (unpaired) electrons. The number of sulfone groups is 1. The standard InChI is InChI=1S/C10H19NO3S.ClH/c12-15(13)6-2-9(3-7-15)8-10-11-4-1-5-14-10;/h9-11H,1-8H2;1H. The Morgan fingerprint density at radius 1 is 1.25 bits per heavy atom. The lowest BCUT2D eigenvalue weighted by Gasteiger charge is -2.29. The highest BCUT2D eigenvalue weighted by Crippen LogP contribution is 2.24. The molecule has 1 N–H and O–H groups in total. The maximum atomic E-state index is 11.2.